The smallest absolute Gasteiger partial charge is 0.416 e. The van der Waals surface area contributed by atoms with Crippen LogP contribution in [0.1, 0.15) is 56.3 Å². The number of benzene rings is 4. The van der Waals surface area contributed by atoms with E-state index in [-0.39, 0.29) is 36.4 Å². The molecule has 1 aliphatic carbocycles. The second-order valence-electron chi connectivity index (χ2n) is 12.0. The second-order valence-corrected chi connectivity index (χ2v) is 12.0. The molecule has 8 nitrogen and oxygen atoms in total. The molecule has 1 N–H and O–H groups in total. The monoisotopic (exact) mass is 672 g/mol. The lowest BCUT2D eigenvalue weighted by atomic mass is 9.82. The molecule has 0 heterocycles. The number of nitrogens with zero attached hydrogens (tertiary/aromatic N) is 1. The average Bonchev–Trinajstić information content (AvgIpc) is 3.47. The predicted molar refractivity (Wildman–Crippen MR) is 177 cm³/mol. The van der Waals surface area contributed by atoms with Gasteiger partial charge in [0.1, 0.15) is 12.0 Å². The normalized spacial score (nSPS) is 15.2. The largest absolute Gasteiger partial charge is 0.465 e. The molecule has 11 heteroatoms. The topological polar surface area (TPSA) is 102 Å². The number of halogens is 3. The second kappa shape index (κ2) is 14.3. The summed E-state index contributed by atoms with van der Waals surface area (Å²) in [5.41, 5.74) is 1.57. The first kappa shape index (κ1) is 34.9. The van der Waals surface area contributed by atoms with Gasteiger partial charge in [0, 0.05) is 19.7 Å². The van der Waals surface area contributed by atoms with Gasteiger partial charge >= 0.3 is 18.1 Å². The molecule has 0 aliphatic heterocycles. The van der Waals surface area contributed by atoms with Crippen molar-refractivity contribution in [1.29, 1.82) is 0 Å². The van der Waals surface area contributed by atoms with Gasteiger partial charge in [-0.05, 0) is 77.9 Å². The van der Waals surface area contributed by atoms with Gasteiger partial charge in [0.2, 0.25) is 0 Å². The molecule has 49 heavy (non-hydrogen) atoms. The number of aryl methyl sites for hydroxylation is 1. The number of esters is 2. The van der Waals surface area contributed by atoms with Gasteiger partial charge in [-0.15, -0.1) is 0 Å². The molecular weight excluding hydrogens is 637 g/mol. The van der Waals surface area contributed by atoms with E-state index >= 15 is 0 Å². The molecule has 0 radical (unpaired) electrons. The highest BCUT2D eigenvalue weighted by atomic mass is 19.4. The van der Waals surface area contributed by atoms with Crippen molar-refractivity contribution < 1.29 is 41.8 Å². The fraction of sp³-hybridized carbons (Fsp3) is 0.263. The SMILES string of the molecule is CCOC(=O)C1(COC(=O)Cc2ccc(NC(=O)c3ccccc3-c3ccc(C(F)(F)F)cc3)c(C(=O)N(C)C)c2)CCc2ccccc21. The molecule has 0 saturated carbocycles. The molecule has 1 aliphatic rings. The first-order valence-corrected chi connectivity index (χ1v) is 15.7. The summed E-state index contributed by atoms with van der Waals surface area (Å²) < 4.78 is 50.4. The van der Waals surface area contributed by atoms with E-state index in [1.54, 1.807) is 45.3 Å². The Labute approximate surface area is 281 Å². The van der Waals surface area contributed by atoms with Crippen LogP contribution in [0.4, 0.5) is 18.9 Å². The van der Waals surface area contributed by atoms with Crippen molar-refractivity contribution in [1.82, 2.24) is 4.90 Å². The van der Waals surface area contributed by atoms with Gasteiger partial charge in [-0.3, -0.25) is 19.2 Å². The van der Waals surface area contributed by atoms with Crippen LogP contribution in [0.5, 0.6) is 0 Å². The van der Waals surface area contributed by atoms with Crippen LogP contribution in [0.15, 0.2) is 91.0 Å². The van der Waals surface area contributed by atoms with Crippen LogP contribution in [0.3, 0.4) is 0 Å². The number of nitrogens with one attached hydrogen (secondary N) is 1. The molecule has 0 spiro atoms. The highest BCUT2D eigenvalue weighted by molar-refractivity contribution is 6.12. The molecule has 254 valence electrons. The Kier molecular flexibility index (Phi) is 10.2. The van der Waals surface area contributed by atoms with Crippen LogP contribution in [0, 0.1) is 0 Å². The van der Waals surface area contributed by atoms with Gasteiger partial charge in [-0.2, -0.15) is 13.2 Å². The molecule has 0 saturated heterocycles. The Balaban J connectivity index is 1.35. The van der Waals surface area contributed by atoms with Crippen LogP contribution in [-0.4, -0.2) is 56.0 Å². The number of anilines is 1. The molecule has 1 atom stereocenters. The molecule has 2 amide bonds. The summed E-state index contributed by atoms with van der Waals surface area (Å²) in [4.78, 5) is 54.3. The molecular formula is C38H35F3N2O6. The number of hydrogen-bond donors (Lipinski definition) is 1. The molecule has 0 fully saturated rings. The summed E-state index contributed by atoms with van der Waals surface area (Å²) in [5, 5.41) is 2.76. The highest BCUT2D eigenvalue weighted by Crippen LogP contribution is 2.40. The van der Waals surface area contributed by atoms with Crippen molar-refractivity contribution in [2.24, 2.45) is 0 Å². The van der Waals surface area contributed by atoms with Gasteiger partial charge in [0.05, 0.1) is 29.8 Å². The quantitative estimate of drug-likeness (QED) is 0.185. The number of carbonyl (C=O) groups is 4. The zero-order chi connectivity index (χ0) is 35.3. The standard InChI is InChI=1S/C38H35F3N2O6/c1-4-48-36(47)37(20-19-26-9-5-8-12-31(26)37)23-49-33(44)22-24-13-18-32(30(21-24)35(46)43(2)3)42-34(45)29-11-7-6-10-28(29)25-14-16-27(17-15-25)38(39,40)41/h5-18,21H,4,19-20,22-23H2,1-3H3,(H,42,45). The summed E-state index contributed by atoms with van der Waals surface area (Å²) in [5.74, 6) is -2.09. The summed E-state index contributed by atoms with van der Waals surface area (Å²) in [6, 6.07) is 23.0. The minimum Gasteiger partial charge on any atom is -0.465 e. The number of carbonyl (C=O) groups excluding carboxylic acids is 4. The molecule has 4 aromatic carbocycles. The third-order valence-electron chi connectivity index (χ3n) is 8.51. The van der Waals surface area contributed by atoms with E-state index in [0.717, 1.165) is 23.3 Å². The molecule has 5 rings (SSSR count). The maximum Gasteiger partial charge on any atom is 0.416 e. The van der Waals surface area contributed by atoms with Gasteiger partial charge in [0.25, 0.3) is 11.8 Å². The maximum absolute atomic E-state index is 13.5. The summed E-state index contributed by atoms with van der Waals surface area (Å²) >= 11 is 0. The van der Waals surface area contributed by atoms with E-state index in [2.05, 4.69) is 5.32 Å². The van der Waals surface area contributed by atoms with Crippen LogP contribution in [0.25, 0.3) is 11.1 Å². The van der Waals surface area contributed by atoms with Crippen molar-refractivity contribution in [3.63, 3.8) is 0 Å². The Hall–Kier alpha value is -5.45. The minimum absolute atomic E-state index is 0.114. The van der Waals surface area contributed by atoms with Gasteiger partial charge in [-0.1, -0.05) is 60.7 Å². The number of rotatable bonds is 10. The number of fused-ring (bicyclic) bond motifs is 1. The summed E-state index contributed by atoms with van der Waals surface area (Å²) in [6.45, 7) is 1.70. The highest BCUT2D eigenvalue weighted by Gasteiger charge is 2.47. The van der Waals surface area contributed by atoms with Crippen molar-refractivity contribution in [3.05, 3.63) is 124 Å². The number of alkyl halides is 3. The Morgan fingerprint density at radius 1 is 0.857 bits per heavy atom. The lowest BCUT2D eigenvalue weighted by molar-refractivity contribution is -0.157. The third kappa shape index (κ3) is 7.51. The van der Waals surface area contributed by atoms with Crippen molar-refractivity contribution >= 4 is 29.4 Å². The van der Waals surface area contributed by atoms with Crippen LogP contribution in [0.2, 0.25) is 0 Å². The lowest BCUT2D eigenvalue weighted by Gasteiger charge is -2.27. The Bertz CT molecular complexity index is 1890. The van der Waals surface area contributed by atoms with Crippen molar-refractivity contribution in [3.8, 4) is 11.1 Å². The Morgan fingerprint density at radius 2 is 1.55 bits per heavy atom. The van der Waals surface area contributed by atoms with E-state index in [4.69, 9.17) is 9.47 Å². The van der Waals surface area contributed by atoms with Gasteiger partial charge in [-0.25, -0.2) is 0 Å². The number of hydrogen-bond acceptors (Lipinski definition) is 6. The van der Waals surface area contributed by atoms with E-state index in [1.807, 2.05) is 24.3 Å². The molecule has 0 aromatic heterocycles. The first-order chi connectivity index (χ1) is 23.3. The van der Waals surface area contributed by atoms with E-state index < -0.39 is 40.9 Å². The molecule has 4 aromatic rings. The predicted octanol–water partition coefficient (Wildman–Crippen LogP) is 6.86. The minimum atomic E-state index is -4.50. The third-order valence-corrected chi connectivity index (χ3v) is 8.51. The van der Waals surface area contributed by atoms with E-state index in [1.165, 1.54) is 35.2 Å². The maximum atomic E-state index is 13.5. The van der Waals surface area contributed by atoms with Gasteiger partial charge < -0.3 is 19.7 Å². The number of ether oxygens (including phenoxy) is 2. The summed E-state index contributed by atoms with van der Waals surface area (Å²) in [7, 11) is 3.09. The fourth-order valence-electron chi connectivity index (χ4n) is 5.99. The van der Waals surface area contributed by atoms with Crippen LogP contribution in [-0.2, 0) is 43.5 Å². The fourth-order valence-corrected chi connectivity index (χ4v) is 5.99. The van der Waals surface area contributed by atoms with Crippen molar-refractivity contribution in [2.45, 2.75) is 37.8 Å². The average molecular weight is 673 g/mol. The molecule has 1 unspecified atom stereocenters. The van der Waals surface area contributed by atoms with Crippen LogP contribution >= 0.6 is 0 Å². The summed E-state index contributed by atoms with van der Waals surface area (Å²) in [6.07, 6.45) is -3.62. The zero-order valence-electron chi connectivity index (χ0n) is 27.2. The lowest BCUT2D eigenvalue weighted by Crippen LogP contribution is -2.41. The number of amides is 2. The van der Waals surface area contributed by atoms with E-state index in [0.29, 0.717) is 29.5 Å². The zero-order valence-corrected chi connectivity index (χ0v) is 27.2. The van der Waals surface area contributed by atoms with Crippen molar-refractivity contribution in [2.75, 3.05) is 32.6 Å². The first-order valence-electron chi connectivity index (χ1n) is 15.7. The molecule has 0 bridgehead atoms. The van der Waals surface area contributed by atoms with E-state index in [9.17, 15) is 32.3 Å². The Morgan fingerprint density at radius 3 is 2.24 bits per heavy atom. The van der Waals surface area contributed by atoms with Crippen LogP contribution < -0.4 is 5.32 Å². The van der Waals surface area contributed by atoms with Gasteiger partial charge in [0.15, 0.2) is 0 Å².